The molecule has 1 aliphatic carbocycles. The van der Waals surface area contributed by atoms with E-state index in [0.717, 1.165) is 36.6 Å². The lowest BCUT2D eigenvalue weighted by Crippen LogP contribution is -2.00. The van der Waals surface area contributed by atoms with E-state index in [1.54, 1.807) is 6.07 Å². The third-order valence-electron chi connectivity index (χ3n) is 2.68. The molecule has 3 heteroatoms. The molecule has 0 saturated heterocycles. The third kappa shape index (κ3) is 2.51. The molecule has 0 saturated carbocycles. The summed E-state index contributed by atoms with van der Waals surface area (Å²) in [5.74, 6) is 0.196. The normalized spacial score (nSPS) is 14.0. The monoisotopic (exact) mass is 272 g/mol. The Hall–Kier alpha value is -0.570. The minimum Gasteiger partial charge on any atom is -0.490 e. The van der Waals surface area contributed by atoms with Crippen LogP contribution in [0.25, 0.3) is 0 Å². The Morgan fingerprint density at radius 2 is 2.00 bits per heavy atom. The maximum Gasteiger partial charge on any atom is 0.165 e. The standard InChI is InChI=1S/C12H14BrFO/c13-5-2-6-15-12-8-10-4-1-3-9(10)7-11(12)14/h7-8H,1-6H2. The third-order valence-corrected chi connectivity index (χ3v) is 3.24. The van der Waals surface area contributed by atoms with Crippen molar-refractivity contribution < 1.29 is 9.13 Å². The van der Waals surface area contributed by atoms with Crippen molar-refractivity contribution >= 4 is 15.9 Å². The molecular formula is C12H14BrFO. The summed E-state index contributed by atoms with van der Waals surface area (Å²) in [5.41, 5.74) is 2.41. The van der Waals surface area contributed by atoms with E-state index in [1.807, 2.05) is 6.07 Å². The van der Waals surface area contributed by atoms with Crippen LogP contribution < -0.4 is 4.74 Å². The van der Waals surface area contributed by atoms with Crippen LogP contribution in [-0.2, 0) is 12.8 Å². The molecule has 0 fully saturated rings. The van der Waals surface area contributed by atoms with Gasteiger partial charge in [0.05, 0.1) is 6.61 Å². The summed E-state index contributed by atoms with van der Waals surface area (Å²) in [6, 6.07) is 3.50. The number of rotatable bonds is 4. The Morgan fingerprint density at radius 3 is 2.73 bits per heavy atom. The predicted octanol–water partition coefficient (Wildman–Crippen LogP) is 3.48. The molecular weight excluding hydrogens is 259 g/mol. The average molecular weight is 273 g/mol. The van der Waals surface area contributed by atoms with Gasteiger partial charge < -0.3 is 4.74 Å². The summed E-state index contributed by atoms with van der Waals surface area (Å²) in [5, 5.41) is 0.888. The van der Waals surface area contributed by atoms with Crippen LogP contribution in [0.15, 0.2) is 12.1 Å². The Labute approximate surface area is 97.8 Å². The van der Waals surface area contributed by atoms with E-state index in [4.69, 9.17) is 4.74 Å². The molecule has 0 spiro atoms. The molecule has 1 aromatic carbocycles. The quantitative estimate of drug-likeness (QED) is 0.603. The second-order valence-corrected chi connectivity index (χ2v) is 4.59. The van der Waals surface area contributed by atoms with Crippen molar-refractivity contribution in [2.45, 2.75) is 25.7 Å². The lowest BCUT2D eigenvalue weighted by molar-refractivity contribution is 0.302. The van der Waals surface area contributed by atoms with Crippen molar-refractivity contribution in [1.82, 2.24) is 0 Å². The first-order valence-corrected chi connectivity index (χ1v) is 6.43. The number of hydrogen-bond donors (Lipinski definition) is 0. The SMILES string of the molecule is Fc1cc2c(cc1OCCCBr)CCC2. The highest BCUT2D eigenvalue weighted by atomic mass is 79.9. The molecule has 82 valence electrons. The van der Waals surface area contributed by atoms with E-state index in [9.17, 15) is 4.39 Å². The van der Waals surface area contributed by atoms with Crippen LogP contribution in [0.1, 0.15) is 24.0 Å². The van der Waals surface area contributed by atoms with E-state index in [2.05, 4.69) is 15.9 Å². The van der Waals surface area contributed by atoms with Crippen molar-refractivity contribution in [2.75, 3.05) is 11.9 Å². The molecule has 0 atom stereocenters. The topological polar surface area (TPSA) is 9.23 Å². The van der Waals surface area contributed by atoms with Crippen LogP contribution in [0.4, 0.5) is 4.39 Å². The fourth-order valence-corrected chi connectivity index (χ4v) is 2.15. The molecule has 0 bridgehead atoms. The molecule has 2 rings (SSSR count). The molecule has 1 nitrogen and oxygen atoms in total. The zero-order chi connectivity index (χ0) is 10.7. The van der Waals surface area contributed by atoms with Crippen LogP contribution >= 0.6 is 15.9 Å². The van der Waals surface area contributed by atoms with Gasteiger partial charge in [0.2, 0.25) is 0 Å². The molecule has 1 aromatic rings. The first-order valence-electron chi connectivity index (χ1n) is 5.31. The summed E-state index contributed by atoms with van der Waals surface area (Å²) in [4.78, 5) is 0. The van der Waals surface area contributed by atoms with Gasteiger partial charge in [-0.15, -0.1) is 0 Å². The van der Waals surface area contributed by atoms with E-state index >= 15 is 0 Å². The Kier molecular flexibility index (Phi) is 3.62. The molecule has 0 amide bonds. The second-order valence-electron chi connectivity index (χ2n) is 3.80. The zero-order valence-electron chi connectivity index (χ0n) is 8.56. The molecule has 0 aliphatic heterocycles. The van der Waals surface area contributed by atoms with E-state index < -0.39 is 0 Å². The van der Waals surface area contributed by atoms with Gasteiger partial charge >= 0.3 is 0 Å². The molecule has 0 unspecified atom stereocenters. The van der Waals surface area contributed by atoms with Gasteiger partial charge in [-0.3, -0.25) is 0 Å². The van der Waals surface area contributed by atoms with Gasteiger partial charge in [-0.05, 0) is 48.9 Å². The second kappa shape index (κ2) is 4.97. The Morgan fingerprint density at radius 1 is 1.27 bits per heavy atom. The van der Waals surface area contributed by atoms with Gasteiger partial charge in [-0.1, -0.05) is 15.9 Å². The van der Waals surface area contributed by atoms with Crippen LogP contribution in [0.3, 0.4) is 0 Å². The van der Waals surface area contributed by atoms with E-state index in [-0.39, 0.29) is 5.82 Å². The zero-order valence-corrected chi connectivity index (χ0v) is 10.1. The van der Waals surface area contributed by atoms with Crippen LogP contribution in [0.2, 0.25) is 0 Å². The highest BCUT2D eigenvalue weighted by Gasteiger charge is 2.15. The highest BCUT2D eigenvalue weighted by molar-refractivity contribution is 9.09. The van der Waals surface area contributed by atoms with Crippen molar-refractivity contribution in [3.8, 4) is 5.75 Å². The fourth-order valence-electron chi connectivity index (χ4n) is 1.92. The van der Waals surface area contributed by atoms with Crippen LogP contribution in [0, 0.1) is 5.82 Å². The predicted molar refractivity (Wildman–Crippen MR) is 62.3 cm³/mol. The summed E-state index contributed by atoms with van der Waals surface area (Å²) < 4.78 is 18.9. The number of halogens is 2. The van der Waals surface area contributed by atoms with E-state index in [0.29, 0.717) is 12.4 Å². The van der Waals surface area contributed by atoms with Crippen molar-refractivity contribution in [3.63, 3.8) is 0 Å². The molecule has 0 radical (unpaired) electrons. The van der Waals surface area contributed by atoms with Gasteiger partial charge in [-0.2, -0.15) is 0 Å². The van der Waals surface area contributed by atoms with E-state index in [1.165, 1.54) is 5.56 Å². The maximum absolute atomic E-state index is 13.5. The van der Waals surface area contributed by atoms with Gasteiger partial charge in [0.15, 0.2) is 11.6 Å². The lowest BCUT2D eigenvalue weighted by atomic mass is 10.1. The number of aryl methyl sites for hydroxylation is 2. The van der Waals surface area contributed by atoms with Gasteiger partial charge in [-0.25, -0.2) is 4.39 Å². The molecule has 0 N–H and O–H groups in total. The Bertz CT molecular complexity index is 352. The molecule has 15 heavy (non-hydrogen) atoms. The number of fused-ring (bicyclic) bond motifs is 1. The molecule has 0 aromatic heterocycles. The van der Waals surface area contributed by atoms with Crippen molar-refractivity contribution in [3.05, 3.63) is 29.1 Å². The minimum absolute atomic E-state index is 0.217. The maximum atomic E-state index is 13.5. The van der Waals surface area contributed by atoms with Gasteiger partial charge in [0, 0.05) is 5.33 Å². The number of benzene rings is 1. The largest absolute Gasteiger partial charge is 0.490 e. The van der Waals surface area contributed by atoms with Crippen LogP contribution in [-0.4, -0.2) is 11.9 Å². The average Bonchev–Trinajstić information content (AvgIpc) is 2.65. The Balaban J connectivity index is 2.10. The highest BCUT2D eigenvalue weighted by Crippen LogP contribution is 2.28. The summed E-state index contributed by atoms with van der Waals surface area (Å²) >= 11 is 3.32. The lowest BCUT2D eigenvalue weighted by Gasteiger charge is -2.08. The number of ether oxygens (including phenoxy) is 1. The fraction of sp³-hybridized carbons (Fsp3) is 0.500. The first-order chi connectivity index (χ1) is 7.31. The smallest absolute Gasteiger partial charge is 0.165 e. The summed E-state index contributed by atoms with van der Waals surface area (Å²) in [6.45, 7) is 0.570. The van der Waals surface area contributed by atoms with Gasteiger partial charge in [0.25, 0.3) is 0 Å². The van der Waals surface area contributed by atoms with Crippen molar-refractivity contribution in [2.24, 2.45) is 0 Å². The first kappa shape index (κ1) is 10.9. The van der Waals surface area contributed by atoms with Crippen molar-refractivity contribution in [1.29, 1.82) is 0 Å². The summed E-state index contributed by atoms with van der Waals surface area (Å²) in [6.07, 6.45) is 4.11. The summed E-state index contributed by atoms with van der Waals surface area (Å²) in [7, 11) is 0. The minimum atomic E-state index is -0.217. The van der Waals surface area contributed by atoms with Gasteiger partial charge in [0.1, 0.15) is 0 Å². The molecule has 0 heterocycles. The number of hydrogen-bond acceptors (Lipinski definition) is 1. The molecule has 1 aliphatic rings. The van der Waals surface area contributed by atoms with Crippen LogP contribution in [0.5, 0.6) is 5.75 Å². The number of alkyl halides is 1.